The van der Waals surface area contributed by atoms with E-state index in [1.807, 2.05) is 11.6 Å². The quantitative estimate of drug-likeness (QED) is 0.902. The number of hydrogen-bond acceptors (Lipinski definition) is 4. The van der Waals surface area contributed by atoms with Gasteiger partial charge in [0.15, 0.2) is 5.69 Å². The molecule has 1 aromatic carbocycles. The number of carbonyl (C=O) groups excluding carboxylic acids is 1. The van der Waals surface area contributed by atoms with E-state index in [0.29, 0.717) is 11.7 Å². The summed E-state index contributed by atoms with van der Waals surface area (Å²) in [5.41, 5.74) is 4.98. The number of amides is 1. The lowest BCUT2D eigenvalue weighted by molar-refractivity contribution is 0.0932. The molecular weight excluding hydrogens is 338 g/mol. The summed E-state index contributed by atoms with van der Waals surface area (Å²) in [6, 6.07) is 7.20. The Morgan fingerprint density at radius 3 is 2.78 bits per heavy atom. The van der Waals surface area contributed by atoms with Gasteiger partial charge in [-0.2, -0.15) is 0 Å². The average molecular weight is 367 g/mol. The fraction of sp³-hybridized carbons (Fsp3) is 0.571. The Bertz CT molecular complexity index is 835. The van der Waals surface area contributed by atoms with E-state index >= 15 is 0 Å². The van der Waals surface area contributed by atoms with Crippen LogP contribution in [0.5, 0.6) is 0 Å². The summed E-state index contributed by atoms with van der Waals surface area (Å²) in [5.74, 6) is -0.0959. The van der Waals surface area contributed by atoms with Gasteiger partial charge in [0.25, 0.3) is 5.91 Å². The normalized spacial score (nSPS) is 18.1. The van der Waals surface area contributed by atoms with E-state index in [9.17, 15) is 4.79 Å². The van der Waals surface area contributed by atoms with E-state index in [0.717, 1.165) is 43.7 Å². The molecule has 0 saturated heterocycles. The molecule has 144 valence electrons. The van der Waals surface area contributed by atoms with Crippen molar-refractivity contribution in [2.24, 2.45) is 0 Å². The molecule has 0 bridgehead atoms. The predicted octanol–water partition coefficient (Wildman–Crippen LogP) is 3.01. The monoisotopic (exact) mass is 367 g/mol. The van der Waals surface area contributed by atoms with Crippen molar-refractivity contribution in [3.63, 3.8) is 0 Å². The van der Waals surface area contributed by atoms with E-state index in [1.165, 1.54) is 24.0 Å². The number of benzene rings is 1. The maximum atomic E-state index is 12.6. The number of nitrogens with zero attached hydrogens (tertiary/aromatic N) is 4. The maximum Gasteiger partial charge on any atom is 0.273 e. The Labute approximate surface area is 160 Å². The molecule has 2 aliphatic rings. The zero-order valence-electron chi connectivity index (χ0n) is 16.5. The molecule has 0 unspecified atom stereocenters. The van der Waals surface area contributed by atoms with Crippen molar-refractivity contribution in [2.45, 2.75) is 71.5 Å². The molecule has 0 spiro atoms. The van der Waals surface area contributed by atoms with Crippen LogP contribution in [0.15, 0.2) is 18.2 Å². The molecule has 1 N–H and O–H groups in total. The van der Waals surface area contributed by atoms with Crippen molar-refractivity contribution in [3.8, 4) is 5.69 Å². The summed E-state index contributed by atoms with van der Waals surface area (Å²) in [4.78, 5) is 15.1. The Kier molecular flexibility index (Phi) is 5.00. The van der Waals surface area contributed by atoms with Crippen LogP contribution in [0.4, 0.5) is 0 Å². The van der Waals surface area contributed by atoms with Crippen LogP contribution in [0.3, 0.4) is 0 Å². The van der Waals surface area contributed by atoms with Gasteiger partial charge in [-0.15, -0.1) is 5.10 Å². The van der Waals surface area contributed by atoms with Crippen LogP contribution >= 0.6 is 0 Å². The molecule has 6 heteroatoms. The van der Waals surface area contributed by atoms with Crippen molar-refractivity contribution in [1.82, 2.24) is 25.2 Å². The summed E-state index contributed by atoms with van der Waals surface area (Å²) in [6.07, 6.45) is 5.52. The van der Waals surface area contributed by atoms with Gasteiger partial charge in [-0.1, -0.05) is 30.2 Å². The van der Waals surface area contributed by atoms with Gasteiger partial charge in [0.1, 0.15) is 0 Å². The van der Waals surface area contributed by atoms with Crippen LogP contribution in [-0.4, -0.2) is 44.4 Å². The topological polar surface area (TPSA) is 63.1 Å². The number of nitrogens with one attached hydrogen (secondary N) is 1. The summed E-state index contributed by atoms with van der Waals surface area (Å²) in [5, 5.41) is 11.7. The molecule has 0 atom stereocenters. The lowest BCUT2D eigenvalue weighted by Gasteiger charge is -2.32. The highest BCUT2D eigenvalue weighted by atomic mass is 16.2. The van der Waals surface area contributed by atoms with E-state index in [1.54, 1.807) is 0 Å². The highest BCUT2D eigenvalue weighted by molar-refractivity contribution is 5.93. The van der Waals surface area contributed by atoms with Gasteiger partial charge in [-0.3, -0.25) is 9.69 Å². The Morgan fingerprint density at radius 2 is 2.04 bits per heavy atom. The molecule has 1 aromatic heterocycles. The zero-order chi connectivity index (χ0) is 19.0. The highest BCUT2D eigenvalue weighted by Crippen LogP contribution is 2.27. The number of aromatic nitrogens is 3. The van der Waals surface area contributed by atoms with Gasteiger partial charge in [-0.05, 0) is 57.2 Å². The lowest BCUT2D eigenvalue weighted by Crippen LogP contribution is -2.36. The van der Waals surface area contributed by atoms with Crippen LogP contribution < -0.4 is 5.32 Å². The van der Waals surface area contributed by atoms with E-state index in [4.69, 9.17) is 0 Å². The molecule has 1 fully saturated rings. The van der Waals surface area contributed by atoms with E-state index in [-0.39, 0.29) is 11.9 Å². The second-order valence-corrected chi connectivity index (χ2v) is 8.12. The second kappa shape index (κ2) is 7.43. The molecule has 6 nitrogen and oxygen atoms in total. The average Bonchev–Trinajstić information content (AvgIpc) is 3.30. The van der Waals surface area contributed by atoms with Crippen molar-refractivity contribution in [2.75, 3.05) is 6.54 Å². The molecule has 1 amide bonds. The minimum Gasteiger partial charge on any atom is -0.348 e. The predicted molar refractivity (Wildman–Crippen MR) is 105 cm³/mol. The van der Waals surface area contributed by atoms with Crippen molar-refractivity contribution >= 4 is 5.91 Å². The van der Waals surface area contributed by atoms with Gasteiger partial charge in [-0.25, -0.2) is 4.68 Å². The third-order valence-electron chi connectivity index (χ3n) is 6.03. The first-order valence-electron chi connectivity index (χ1n) is 10.1. The van der Waals surface area contributed by atoms with E-state index in [2.05, 4.69) is 52.6 Å². The van der Waals surface area contributed by atoms with Crippen LogP contribution in [0, 0.1) is 6.92 Å². The minimum absolute atomic E-state index is 0.0959. The first-order valence-corrected chi connectivity index (χ1v) is 10.1. The number of hydrogen-bond donors (Lipinski definition) is 1. The smallest absolute Gasteiger partial charge is 0.273 e. The van der Waals surface area contributed by atoms with Gasteiger partial charge < -0.3 is 5.32 Å². The number of fused-ring (bicyclic) bond motifs is 1. The summed E-state index contributed by atoms with van der Waals surface area (Å²) < 4.78 is 1.84. The van der Waals surface area contributed by atoms with E-state index < -0.39 is 0 Å². The second-order valence-electron chi connectivity index (χ2n) is 8.12. The molecule has 0 radical (unpaired) electrons. The van der Waals surface area contributed by atoms with Crippen molar-refractivity contribution in [1.29, 1.82) is 0 Å². The largest absolute Gasteiger partial charge is 0.348 e. The standard InChI is InChI=1S/C21H29N5O/c1-14(2)25-12-11-18-16(13-25)7-6-10-19(18)26-15(3)20(23-24-26)21(27)22-17-8-4-5-9-17/h6-7,10,14,17H,4-5,8-9,11-13H2,1-3H3,(H,22,27). The molecule has 2 heterocycles. The molecule has 27 heavy (non-hydrogen) atoms. The Hall–Kier alpha value is -2.21. The molecule has 1 aliphatic heterocycles. The minimum atomic E-state index is -0.0959. The Balaban J connectivity index is 1.61. The lowest BCUT2D eigenvalue weighted by atomic mass is 9.97. The summed E-state index contributed by atoms with van der Waals surface area (Å²) in [6.45, 7) is 8.43. The van der Waals surface area contributed by atoms with Crippen LogP contribution in [0.25, 0.3) is 5.69 Å². The van der Waals surface area contributed by atoms with Gasteiger partial charge >= 0.3 is 0 Å². The zero-order valence-corrected chi connectivity index (χ0v) is 16.5. The molecule has 2 aromatic rings. The Morgan fingerprint density at radius 1 is 1.26 bits per heavy atom. The third kappa shape index (κ3) is 3.50. The number of rotatable bonds is 4. The van der Waals surface area contributed by atoms with Crippen LogP contribution in [0.2, 0.25) is 0 Å². The first kappa shape index (κ1) is 18.2. The van der Waals surface area contributed by atoms with Gasteiger partial charge in [0.2, 0.25) is 0 Å². The molecule has 1 aliphatic carbocycles. The maximum absolute atomic E-state index is 12.6. The van der Waals surface area contributed by atoms with Crippen molar-refractivity contribution < 1.29 is 4.79 Å². The van der Waals surface area contributed by atoms with Gasteiger partial charge in [0.05, 0.1) is 11.4 Å². The highest BCUT2D eigenvalue weighted by Gasteiger charge is 2.25. The molecular formula is C21H29N5O. The fourth-order valence-corrected chi connectivity index (χ4v) is 4.34. The first-order chi connectivity index (χ1) is 13.0. The summed E-state index contributed by atoms with van der Waals surface area (Å²) >= 11 is 0. The SMILES string of the molecule is Cc1c(C(=O)NC2CCCC2)nnn1-c1cccc2c1CCN(C(C)C)C2. The number of carbonyl (C=O) groups is 1. The van der Waals surface area contributed by atoms with Crippen LogP contribution in [0.1, 0.15) is 66.8 Å². The van der Waals surface area contributed by atoms with Gasteiger partial charge in [0, 0.05) is 25.2 Å². The van der Waals surface area contributed by atoms with Crippen LogP contribution in [-0.2, 0) is 13.0 Å². The molecule has 4 rings (SSSR count). The third-order valence-corrected chi connectivity index (χ3v) is 6.03. The van der Waals surface area contributed by atoms with Crippen molar-refractivity contribution in [3.05, 3.63) is 40.7 Å². The fourth-order valence-electron chi connectivity index (χ4n) is 4.34. The summed E-state index contributed by atoms with van der Waals surface area (Å²) in [7, 11) is 0. The molecule has 1 saturated carbocycles.